The standard InChI is InChI=1S/C14H27N3O/c1-16-8-6-12(7-9-16)17(2)14(18)13-5-3-4-11(13)10-15/h11-13H,3-10,15H2,1-2H3/t11-,13-/m1/s1. The van der Waals surface area contributed by atoms with Gasteiger partial charge in [-0.15, -0.1) is 0 Å². The zero-order chi connectivity index (χ0) is 13.1. The highest BCUT2D eigenvalue weighted by atomic mass is 16.2. The summed E-state index contributed by atoms with van der Waals surface area (Å²) in [6.07, 6.45) is 5.56. The molecule has 0 bridgehead atoms. The van der Waals surface area contributed by atoms with Gasteiger partial charge in [0.25, 0.3) is 0 Å². The van der Waals surface area contributed by atoms with Crippen molar-refractivity contribution >= 4 is 5.91 Å². The van der Waals surface area contributed by atoms with Gasteiger partial charge in [0, 0.05) is 19.0 Å². The Morgan fingerprint density at radius 1 is 1.28 bits per heavy atom. The maximum absolute atomic E-state index is 12.6. The molecule has 1 aliphatic heterocycles. The first-order valence-corrected chi connectivity index (χ1v) is 7.28. The van der Waals surface area contributed by atoms with Crippen LogP contribution in [0.5, 0.6) is 0 Å². The lowest BCUT2D eigenvalue weighted by Crippen LogP contribution is -2.47. The first-order chi connectivity index (χ1) is 8.63. The van der Waals surface area contributed by atoms with Crippen molar-refractivity contribution in [3.63, 3.8) is 0 Å². The molecule has 2 aliphatic rings. The number of hydrogen-bond donors (Lipinski definition) is 1. The van der Waals surface area contributed by atoms with Crippen LogP contribution in [-0.2, 0) is 4.79 Å². The van der Waals surface area contributed by atoms with Gasteiger partial charge in [-0.25, -0.2) is 0 Å². The second kappa shape index (κ2) is 6.02. The molecule has 2 rings (SSSR count). The number of nitrogens with two attached hydrogens (primary N) is 1. The summed E-state index contributed by atoms with van der Waals surface area (Å²) in [5, 5.41) is 0. The van der Waals surface area contributed by atoms with Crippen molar-refractivity contribution in [2.75, 3.05) is 33.7 Å². The molecule has 0 aromatic carbocycles. The molecule has 0 spiro atoms. The normalized spacial score (nSPS) is 30.6. The third-order valence-corrected chi connectivity index (χ3v) is 4.86. The minimum atomic E-state index is 0.194. The van der Waals surface area contributed by atoms with Crippen LogP contribution in [0.4, 0.5) is 0 Å². The Balaban J connectivity index is 1.91. The van der Waals surface area contributed by atoms with Crippen LogP contribution in [0.1, 0.15) is 32.1 Å². The first kappa shape index (κ1) is 13.8. The number of likely N-dealkylation sites (tertiary alicyclic amines) is 1. The number of nitrogens with zero attached hydrogens (tertiary/aromatic N) is 2. The van der Waals surface area contributed by atoms with E-state index >= 15 is 0 Å². The Hall–Kier alpha value is -0.610. The third kappa shape index (κ3) is 2.86. The molecule has 0 radical (unpaired) electrons. The lowest BCUT2D eigenvalue weighted by molar-refractivity contribution is -0.138. The third-order valence-electron chi connectivity index (χ3n) is 4.86. The van der Waals surface area contributed by atoms with Gasteiger partial charge in [-0.05, 0) is 58.3 Å². The largest absolute Gasteiger partial charge is 0.342 e. The van der Waals surface area contributed by atoms with Crippen molar-refractivity contribution in [3.8, 4) is 0 Å². The van der Waals surface area contributed by atoms with Gasteiger partial charge in [-0.2, -0.15) is 0 Å². The van der Waals surface area contributed by atoms with Gasteiger partial charge in [0.05, 0.1) is 0 Å². The molecule has 1 aliphatic carbocycles. The first-order valence-electron chi connectivity index (χ1n) is 7.28. The highest BCUT2D eigenvalue weighted by Crippen LogP contribution is 2.33. The van der Waals surface area contributed by atoms with Crippen molar-refractivity contribution in [3.05, 3.63) is 0 Å². The van der Waals surface area contributed by atoms with E-state index in [4.69, 9.17) is 5.73 Å². The molecule has 0 unspecified atom stereocenters. The molecule has 1 saturated heterocycles. The fourth-order valence-electron chi connectivity index (χ4n) is 3.47. The lowest BCUT2D eigenvalue weighted by Gasteiger charge is -2.37. The summed E-state index contributed by atoms with van der Waals surface area (Å²) in [6, 6.07) is 0.438. The predicted molar refractivity (Wildman–Crippen MR) is 73.2 cm³/mol. The van der Waals surface area contributed by atoms with Gasteiger partial charge in [0.15, 0.2) is 0 Å². The van der Waals surface area contributed by atoms with E-state index in [1.54, 1.807) is 0 Å². The van der Waals surface area contributed by atoms with Crippen molar-refractivity contribution < 1.29 is 4.79 Å². The molecule has 104 valence electrons. The molecular formula is C14H27N3O. The molecule has 1 saturated carbocycles. The Morgan fingerprint density at radius 3 is 2.56 bits per heavy atom. The van der Waals surface area contributed by atoms with Gasteiger partial charge in [0.1, 0.15) is 0 Å². The molecule has 0 aromatic heterocycles. The summed E-state index contributed by atoms with van der Waals surface area (Å²) in [4.78, 5) is 16.9. The highest BCUT2D eigenvalue weighted by Gasteiger charge is 2.35. The molecule has 2 atom stereocenters. The smallest absolute Gasteiger partial charge is 0.226 e. The van der Waals surface area contributed by atoms with E-state index in [-0.39, 0.29) is 5.92 Å². The van der Waals surface area contributed by atoms with Crippen LogP contribution in [0.25, 0.3) is 0 Å². The van der Waals surface area contributed by atoms with Gasteiger partial charge in [0.2, 0.25) is 5.91 Å². The summed E-state index contributed by atoms with van der Waals surface area (Å²) in [6.45, 7) is 2.87. The van der Waals surface area contributed by atoms with Crippen LogP contribution < -0.4 is 5.73 Å². The zero-order valence-corrected chi connectivity index (χ0v) is 11.8. The summed E-state index contributed by atoms with van der Waals surface area (Å²) < 4.78 is 0. The molecular weight excluding hydrogens is 226 g/mol. The van der Waals surface area contributed by atoms with Gasteiger partial charge < -0.3 is 15.5 Å². The monoisotopic (exact) mass is 253 g/mol. The molecule has 2 N–H and O–H groups in total. The summed E-state index contributed by atoms with van der Waals surface area (Å²) in [5.41, 5.74) is 5.78. The van der Waals surface area contributed by atoms with Gasteiger partial charge >= 0.3 is 0 Å². The molecule has 1 amide bonds. The highest BCUT2D eigenvalue weighted by molar-refractivity contribution is 5.79. The van der Waals surface area contributed by atoms with Crippen LogP contribution in [0.3, 0.4) is 0 Å². The minimum absolute atomic E-state index is 0.194. The molecule has 18 heavy (non-hydrogen) atoms. The van der Waals surface area contributed by atoms with E-state index in [2.05, 4.69) is 11.9 Å². The van der Waals surface area contributed by atoms with E-state index in [1.165, 1.54) is 6.42 Å². The van der Waals surface area contributed by atoms with Crippen LogP contribution in [0.15, 0.2) is 0 Å². The van der Waals surface area contributed by atoms with E-state index in [1.807, 2.05) is 11.9 Å². The fraction of sp³-hybridized carbons (Fsp3) is 0.929. The Kier molecular flexibility index (Phi) is 4.62. The van der Waals surface area contributed by atoms with Crippen LogP contribution in [0, 0.1) is 11.8 Å². The molecule has 2 fully saturated rings. The molecule has 1 heterocycles. The zero-order valence-electron chi connectivity index (χ0n) is 11.8. The van der Waals surface area contributed by atoms with Gasteiger partial charge in [-0.1, -0.05) is 6.42 Å². The summed E-state index contributed by atoms with van der Waals surface area (Å²) in [7, 11) is 4.14. The Morgan fingerprint density at radius 2 is 1.94 bits per heavy atom. The van der Waals surface area contributed by atoms with E-state index < -0.39 is 0 Å². The van der Waals surface area contributed by atoms with Crippen LogP contribution >= 0.6 is 0 Å². The molecule has 4 nitrogen and oxygen atoms in total. The minimum Gasteiger partial charge on any atom is -0.342 e. The number of piperidine rings is 1. The topological polar surface area (TPSA) is 49.6 Å². The second-order valence-corrected chi connectivity index (χ2v) is 6.02. The van der Waals surface area contributed by atoms with Crippen molar-refractivity contribution in [2.45, 2.75) is 38.1 Å². The summed E-state index contributed by atoms with van der Waals surface area (Å²) >= 11 is 0. The predicted octanol–water partition coefficient (Wildman–Crippen LogP) is 0.914. The molecule has 4 heteroatoms. The number of carbonyl (C=O) groups excluding carboxylic acids is 1. The van der Waals surface area contributed by atoms with Crippen molar-refractivity contribution in [1.29, 1.82) is 0 Å². The van der Waals surface area contributed by atoms with Crippen molar-refractivity contribution in [1.82, 2.24) is 9.80 Å². The average Bonchev–Trinajstić information content (AvgIpc) is 2.86. The number of amides is 1. The van der Waals surface area contributed by atoms with Crippen molar-refractivity contribution in [2.24, 2.45) is 17.6 Å². The van der Waals surface area contributed by atoms with E-state index in [0.29, 0.717) is 24.4 Å². The fourth-order valence-corrected chi connectivity index (χ4v) is 3.47. The van der Waals surface area contributed by atoms with E-state index in [9.17, 15) is 4.79 Å². The average molecular weight is 253 g/mol. The Labute approximate surface area is 110 Å². The Bertz CT molecular complexity index is 287. The van der Waals surface area contributed by atoms with E-state index in [0.717, 1.165) is 38.8 Å². The maximum atomic E-state index is 12.6. The lowest BCUT2D eigenvalue weighted by atomic mass is 9.93. The van der Waals surface area contributed by atoms with Crippen LogP contribution in [-0.4, -0.2) is 55.5 Å². The van der Waals surface area contributed by atoms with Gasteiger partial charge in [-0.3, -0.25) is 4.79 Å². The summed E-state index contributed by atoms with van der Waals surface area (Å²) in [5.74, 6) is 0.961. The molecule has 0 aromatic rings. The SMILES string of the molecule is CN1CCC(N(C)C(=O)[C@@H]2CCC[C@@H]2CN)CC1. The quantitative estimate of drug-likeness (QED) is 0.813. The number of rotatable bonds is 3. The second-order valence-electron chi connectivity index (χ2n) is 6.02. The number of hydrogen-bond acceptors (Lipinski definition) is 3. The number of carbonyl (C=O) groups is 1. The van der Waals surface area contributed by atoms with Crippen LogP contribution in [0.2, 0.25) is 0 Å². The maximum Gasteiger partial charge on any atom is 0.226 e.